The van der Waals surface area contributed by atoms with Crippen LogP contribution in [-0.4, -0.2) is 22.2 Å². The van der Waals surface area contributed by atoms with E-state index in [4.69, 9.17) is 4.74 Å². The van der Waals surface area contributed by atoms with E-state index in [0.717, 1.165) is 18.4 Å². The molecule has 0 unspecified atom stereocenters. The number of fused-ring (bicyclic) bond motifs is 1. The highest BCUT2D eigenvalue weighted by Crippen LogP contribution is 2.37. The molecule has 5 heteroatoms. The molecule has 2 aromatic rings. The van der Waals surface area contributed by atoms with Crippen LogP contribution in [0.15, 0.2) is 29.2 Å². The third kappa shape index (κ3) is 2.71. The molecule has 0 atom stereocenters. The van der Waals surface area contributed by atoms with Gasteiger partial charge in [0.05, 0.1) is 17.5 Å². The Morgan fingerprint density at radius 3 is 2.73 bits per heavy atom. The Morgan fingerprint density at radius 1 is 1.41 bits per heavy atom. The van der Waals surface area contributed by atoms with Gasteiger partial charge in [-0.2, -0.15) is 0 Å². The van der Waals surface area contributed by atoms with Gasteiger partial charge in [0.1, 0.15) is 11.3 Å². The fraction of sp³-hybridized carbons (Fsp3) is 0.412. The van der Waals surface area contributed by atoms with E-state index in [2.05, 4.69) is 0 Å². The Labute approximate surface area is 128 Å². The molecule has 0 radical (unpaired) electrons. The Bertz CT molecular complexity index is 787. The Morgan fingerprint density at radius 2 is 2.14 bits per heavy atom. The second-order valence-electron chi connectivity index (χ2n) is 6.20. The van der Waals surface area contributed by atoms with Crippen LogP contribution in [0.5, 0.6) is 5.75 Å². The molecule has 0 aliphatic heterocycles. The maximum Gasteiger partial charge on any atom is 0.341 e. The molecule has 1 fully saturated rings. The Balaban J connectivity index is 2.15. The SMILES string of the molecule is CC(C)COc1ccc2c(c1)c(=O)c(C(=O)O)cn2C1CC1. The first-order valence-electron chi connectivity index (χ1n) is 7.52. The third-order valence-electron chi connectivity index (χ3n) is 3.76. The van der Waals surface area contributed by atoms with Crippen molar-refractivity contribution in [3.8, 4) is 5.75 Å². The molecule has 116 valence electrons. The Hall–Kier alpha value is -2.30. The molecule has 1 saturated carbocycles. The number of hydrogen-bond acceptors (Lipinski definition) is 3. The molecule has 1 aliphatic carbocycles. The summed E-state index contributed by atoms with van der Waals surface area (Å²) in [6.07, 6.45) is 3.50. The van der Waals surface area contributed by atoms with Gasteiger partial charge in [0.2, 0.25) is 5.43 Å². The van der Waals surface area contributed by atoms with Crippen molar-refractivity contribution in [2.24, 2.45) is 5.92 Å². The van der Waals surface area contributed by atoms with E-state index in [1.165, 1.54) is 6.20 Å². The molecule has 3 rings (SSSR count). The summed E-state index contributed by atoms with van der Waals surface area (Å²) in [4.78, 5) is 23.7. The molecule has 1 N–H and O–H groups in total. The summed E-state index contributed by atoms with van der Waals surface area (Å²) in [6.45, 7) is 4.65. The highest BCUT2D eigenvalue weighted by atomic mass is 16.5. The summed E-state index contributed by atoms with van der Waals surface area (Å²) in [5.74, 6) is -0.206. The van der Waals surface area contributed by atoms with Crippen LogP contribution in [0, 0.1) is 5.92 Å². The van der Waals surface area contributed by atoms with Gasteiger partial charge in [-0.25, -0.2) is 4.79 Å². The number of ether oxygens (including phenoxy) is 1. The number of carbonyl (C=O) groups is 1. The average molecular weight is 301 g/mol. The van der Waals surface area contributed by atoms with Crippen LogP contribution >= 0.6 is 0 Å². The van der Waals surface area contributed by atoms with Crippen LogP contribution in [0.3, 0.4) is 0 Å². The van der Waals surface area contributed by atoms with Crippen molar-refractivity contribution in [1.82, 2.24) is 4.57 Å². The van der Waals surface area contributed by atoms with Crippen molar-refractivity contribution >= 4 is 16.9 Å². The summed E-state index contributed by atoms with van der Waals surface area (Å²) in [5.41, 5.74) is 0.143. The fourth-order valence-corrected chi connectivity index (χ4v) is 2.49. The van der Waals surface area contributed by atoms with Gasteiger partial charge < -0.3 is 14.4 Å². The number of nitrogens with zero attached hydrogens (tertiary/aromatic N) is 1. The van der Waals surface area contributed by atoms with Gasteiger partial charge in [-0.05, 0) is 37.0 Å². The third-order valence-corrected chi connectivity index (χ3v) is 3.76. The monoisotopic (exact) mass is 301 g/mol. The first-order valence-corrected chi connectivity index (χ1v) is 7.52. The number of pyridine rings is 1. The topological polar surface area (TPSA) is 68.5 Å². The van der Waals surface area contributed by atoms with E-state index in [1.54, 1.807) is 6.07 Å². The Kier molecular flexibility index (Phi) is 3.64. The maximum absolute atomic E-state index is 12.4. The van der Waals surface area contributed by atoms with E-state index in [9.17, 15) is 14.7 Å². The normalized spacial score (nSPS) is 14.5. The zero-order chi connectivity index (χ0) is 15.9. The molecule has 22 heavy (non-hydrogen) atoms. The highest BCUT2D eigenvalue weighted by Gasteiger charge is 2.26. The predicted molar refractivity (Wildman–Crippen MR) is 83.8 cm³/mol. The molecule has 0 bridgehead atoms. The minimum absolute atomic E-state index is 0.180. The van der Waals surface area contributed by atoms with Crippen LogP contribution in [0.25, 0.3) is 10.9 Å². The second kappa shape index (κ2) is 5.48. The molecule has 1 heterocycles. The number of carboxylic acids is 1. The minimum atomic E-state index is -1.19. The van der Waals surface area contributed by atoms with E-state index >= 15 is 0 Å². The number of benzene rings is 1. The largest absolute Gasteiger partial charge is 0.493 e. The van der Waals surface area contributed by atoms with Crippen LogP contribution < -0.4 is 10.2 Å². The van der Waals surface area contributed by atoms with E-state index in [0.29, 0.717) is 29.7 Å². The van der Waals surface area contributed by atoms with E-state index < -0.39 is 11.4 Å². The molecule has 5 nitrogen and oxygen atoms in total. The van der Waals surface area contributed by atoms with Crippen molar-refractivity contribution in [1.29, 1.82) is 0 Å². The molecule has 1 aliphatic rings. The summed E-state index contributed by atoms with van der Waals surface area (Å²) in [7, 11) is 0. The van der Waals surface area contributed by atoms with E-state index in [1.807, 2.05) is 30.5 Å². The number of aromatic nitrogens is 1. The first-order chi connectivity index (χ1) is 10.5. The summed E-state index contributed by atoms with van der Waals surface area (Å²) in [6, 6.07) is 5.63. The minimum Gasteiger partial charge on any atom is -0.493 e. The van der Waals surface area contributed by atoms with Crippen LogP contribution in [0.4, 0.5) is 0 Å². The summed E-state index contributed by atoms with van der Waals surface area (Å²) >= 11 is 0. The van der Waals surface area contributed by atoms with Crippen LogP contribution in [0.2, 0.25) is 0 Å². The van der Waals surface area contributed by atoms with Crippen molar-refractivity contribution < 1.29 is 14.6 Å². The zero-order valence-electron chi connectivity index (χ0n) is 12.7. The van der Waals surface area contributed by atoms with E-state index in [-0.39, 0.29) is 5.56 Å². The number of rotatable bonds is 5. The lowest BCUT2D eigenvalue weighted by atomic mass is 10.1. The van der Waals surface area contributed by atoms with Crippen molar-refractivity contribution in [2.45, 2.75) is 32.7 Å². The molecule has 0 spiro atoms. The molecular weight excluding hydrogens is 282 g/mol. The van der Waals surface area contributed by atoms with Gasteiger partial charge in [-0.3, -0.25) is 4.79 Å². The van der Waals surface area contributed by atoms with Gasteiger partial charge in [0.15, 0.2) is 0 Å². The number of aromatic carboxylic acids is 1. The molecular formula is C17H19NO4. The van der Waals surface area contributed by atoms with Crippen molar-refractivity contribution in [3.63, 3.8) is 0 Å². The lowest BCUT2D eigenvalue weighted by Crippen LogP contribution is -2.18. The van der Waals surface area contributed by atoms with Crippen molar-refractivity contribution in [2.75, 3.05) is 6.61 Å². The molecule has 1 aromatic carbocycles. The molecule has 0 amide bonds. The first kappa shape index (κ1) is 14.6. The standard InChI is InChI=1S/C17H19NO4/c1-10(2)9-22-12-5-6-15-13(7-12)16(19)14(17(20)21)8-18(15)11-3-4-11/h5-8,10-11H,3-4,9H2,1-2H3,(H,20,21). The smallest absolute Gasteiger partial charge is 0.341 e. The quantitative estimate of drug-likeness (QED) is 0.921. The highest BCUT2D eigenvalue weighted by molar-refractivity contribution is 5.93. The van der Waals surface area contributed by atoms with Gasteiger partial charge in [0, 0.05) is 12.2 Å². The zero-order valence-corrected chi connectivity index (χ0v) is 12.7. The van der Waals surface area contributed by atoms with Gasteiger partial charge >= 0.3 is 5.97 Å². The van der Waals surface area contributed by atoms with Crippen molar-refractivity contribution in [3.05, 3.63) is 40.2 Å². The second-order valence-corrected chi connectivity index (χ2v) is 6.20. The van der Waals surface area contributed by atoms with Gasteiger partial charge in [-0.15, -0.1) is 0 Å². The van der Waals surface area contributed by atoms with Crippen LogP contribution in [-0.2, 0) is 0 Å². The number of hydrogen-bond donors (Lipinski definition) is 1. The predicted octanol–water partition coefficient (Wildman–Crippen LogP) is 3.07. The maximum atomic E-state index is 12.4. The lowest BCUT2D eigenvalue weighted by Gasteiger charge is -2.13. The fourth-order valence-electron chi connectivity index (χ4n) is 2.49. The average Bonchev–Trinajstić information content (AvgIpc) is 3.30. The van der Waals surface area contributed by atoms with Gasteiger partial charge in [0.25, 0.3) is 0 Å². The van der Waals surface area contributed by atoms with Gasteiger partial charge in [-0.1, -0.05) is 13.8 Å². The summed E-state index contributed by atoms with van der Waals surface area (Å²) in [5, 5.41) is 9.66. The molecule has 1 aromatic heterocycles. The summed E-state index contributed by atoms with van der Waals surface area (Å²) < 4.78 is 7.56. The lowest BCUT2D eigenvalue weighted by molar-refractivity contribution is 0.0695. The van der Waals surface area contributed by atoms with Crippen LogP contribution in [0.1, 0.15) is 43.1 Å². The molecule has 0 saturated heterocycles. The number of carboxylic acid groups (broad SMARTS) is 1.